The van der Waals surface area contributed by atoms with Gasteiger partial charge in [0.15, 0.2) is 5.96 Å². The molecular weight excluding hydrogens is 441 g/mol. The molecule has 7 heteroatoms. The van der Waals surface area contributed by atoms with Crippen molar-refractivity contribution in [2.45, 2.75) is 59.7 Å². The molecule has 0 amide bonds. The fourth-order valence-corrected chi connectivity index (χ4v) is 2.81. The number of aliphatic imine (C=N–C) groups is 1. The minimum atomic E-state index is 0. The summed E-state index contributed by atoms with van der Waals surface area (Å²) in [5.74, 6) is 1.48. The second kappa shape index (κ2) is 14.0. The van der Waals surface area contributed by atoms with Crippen LogP contribution in [0.1, 0.15) is 46.6 Å². The van der Waals surface area contributed by atoms with Crippen molar-refractivity contribution in [3.05, 3.63) is 23.9 Å². The molecule has 150 valence electrons. The average Bonchev–Trinajstić information content (AvgIpc) is 2.58. The highest BCUT2D eigenvalue weighted by molar-refractivity contribution is 14.0. The number of aromatic nitrogens is 1. The van der Waals surface area contributed by atoms with Crippen molar-refractivity contribution in [3.8, 4) is 5.88 Å². The summed E-state index contributed by atoms with van der Waals surface area (Å²) in [7, 11) is 1.79. The predicted molar refractivity (Wildman–Crippen MR) is 121 cm³/mol. The number of rotatable bonds is 10. The first-order chi connectivity index (χ1) is 12.0. The smallest absolute Gasteiger partial charge is 0.218 e. The van der Waals surface area contributed by atoms with Crippen LogP contribution in [0.4, 0.5) is 0 Å². The van der Waals surface area contributed by atoms with Crippen molar-refractivity contribution in [1.29, 1.82) is 0 Å². The average molecular weight is 477 g/mol. The molecule has 0 fully saturated rings. The van der Waals surface area contributed by atoms with E-state index in [1.165, 1.54) is 0 Å². The Bertz CT molecular complexity index is 514. The number of hydrogen-bond acceptors (Lipinski definition) is 4. The highest BCUT2D eigenvalue weighted by Crippen LogP contribution is 2.13. The lowest BCUT2D eigenvalue weighted by molar-refractivity contribution is 0.173. The number of hydrogen-bond donors (Lipinski definition) is 2. The molecule has 1 aromatic heterocycles. The number of guanidine groups is 1. The third-order valence-corrected chi connectivity index (χ3v) is 4.01. The van der Waals surface area contributed by atoms with Crippen molar-refractivity contribution in [1.82, 2.24) is 20.5 Å². The van der Waals surface area contributed by atoms with Crippen LogP contribution in [0.25, 0.3) is 0 Å². The molecule has 1 aromatic rings. The number of nitrogens with zero attached hydrogens (tertiary/aromatic N) is 3. The molecule has 0 aliphatic heterocycles. The van der Waals surface area contributed by atoms with Gasteiger partial charge in [-0.3, -0.25) is 9.89 Å². The first-order valence-corrected chi connectivity index (χ1v) is 9.26. The van der Waals surface area contributed by atoms with Gasteiger partial charge in [-0.05, 0) is 47.1 Å². The van der Waals surface area contributed by atoms with E-state index in [0.717, 1.165) is 31.0 Å². The number of halogens is 1. The van der Waals surface area contributed by atoms with Crippen molar-refractivity contribution in [2.75, 3.05) is 26.7 Å². The second-order valence-electron chi connectivity index (χ2n) is 6.53. The standard InChI is InChI=1S/C19H35N5O.HI/c1-7-25-18-17(10-8-11-21-18)14-23-19(20-6)22-12-9-13-24(15(2)3)16(4)5;/h8,10-11,15-16H,7,9,12-14H2,1-6H3,(H2,20,22,23);1H. The summed E-state index contributed by atoms with van der Waals surface area (Å²) >= 11 is 0. The molecule has 0 unspecified atom stereocenters. The van der Waals surface area contributed by atoms with Crippen LogP contribution < -0.4 is 15.4 Å². The fraction of sp³-hybridized carbons (Fsp3) is 0.684. The molecule has 0 saturated carbocycles. The zero-order valence-electron chi connectivity index (χ0n) is 17.1. The maximum atomic E-state index is 5.56. The molecule has 0 spiro atoms. The highest BCUT2D eigenvalue weighted by atomic mass is 127. The molecular formula is C19H36IN5O. The zero-order chi connectivity index (χ0) is 18.7. The van der Waals surface area contributed by atoms with E-state index in [1.54, 1.807) is 13.2 Å². The van der Waals surface area contributed by atoms with Gasteiger partial charge in [0.25, 0.3) is 0 Å². The molecule has 0 radical (unpaired) electrons. The van der Waals surface area contributed by atoms with Gasteiger partial charge in [0.05, 0.1) is 6.61 Å². The largest absolute Gasteiger partial charge is 0.478 e. The van der Waals surface area contributed by atoms with Gasteiger partial charge < -0.3 is 15.4 Å². The fourth-order valence-electron chi connectivity index (χ4n) is 2.81. The monoisotopic (exact) mass is 477 g/mol. The van der Waals surface area contributed by atoms with Gasteiger partial charge in [-0.15, -0.1) is 24.0 Å². The molecule has 1 heterocycles. The van der Waals surface area contributed by atoms with E-state index >= 15 is 0 Å². The Morgan fingerprint density at radius 2 is 1.92 bits per heavy atom. The van der Waals surface area contributed by atoms with Crippen molar-refractivity contribution >= 4 is 29.9 Å². The van der Waals surface area contributed by atoms with Crippen LogP contribution in [-0.4, -0.2) is 54.7 Å². The van der Waals surface area contributed by atoms with Crippen LogP contribution in [0.3, 0.4) is 0 Å². The van der Waals surface area contributed by atoms with Crippen LogP contribution in [0, 0.1) is 0 Å². The van der Waals surface area contributed by atoms with Gasteiger partial charge in [0, 0.05) is 50.5 Å². The van der Waals surface area contributed by atoms with E-state index in [9.17, 15) is 0 Å². The lowest BCUT2D eigenvalue weighted by atomic mass is 10.2. The lowest BCUT2D eigenvalue weighted by Gasteiger charge is -2.30. The maximum Gasteiger partial charge on any atom is 0.218 e. The molecule has 0 saturated heterocycles. The molecule has 0 aromatic carbocycles. The lowest BCUT2D eigenvalue weighted by Crippen LogP contribution is -2.41. The number of ether oxygens (including phenoxy) is 1. The van der Waals surface area contributed by atoms with Gasteiger partial charge in [0.1, 0.15) is 0 Å². The van der Waals surface area contributed by atoms with Gasteiger partial charge >= 0.3 is 0 Å². The summed E-state index contributed by atoms with van der Waals surface area (Å²) in [6, 6.07) is 5.07. The SMILES string of the molecule is CCOc1ncccc1CNC(=NC)NCCCN(C(C)C)C(C)C.I. The third-order valence-electron chi connectivity index (χ3n) is 4.01. The topological polar surface area (TPSA) is 61.8 Å². The van der Waals surface area contributed by atoms with Crippen molar-refractivity contribution < 1.29 is 4.74 Å². The van der Waals surface area contributed by atoms with Gasteiger partial charge in [0.2, 0.25) is 5.88 Å². The molecule has 0 aliphatic carbocycles. The third kappa shape index (κ3) is 9.02. The van der Waals surface area contributed by atoms with Crippen LogP contribution >= 0.6 is 24.0 Å². The summed E-state index contributed by atoms with van der Waals surface area (Å²) < 4.78 is 5.56. The summed E-state index contributed by atoms with van der Waals surface area (Å²) in [5.41, 5.74) is 1.03. The van der Waals surface area contributed by atoms with Crippen LogP contribution in [0.15, 0.2) is 23.3 Å². The van der Waals surface area contributed by atoms with Crippen LogP contribution in [0.5, 0.6) is 5.88 Å². The van der Waals surface area contributed by atoms with Gasteiger partial charge in [-0.2, -0.15) is 0 Å². The minimum Gasteiger partial charge on any atom is -0.478 e. The summed E-state index contributed by atoms with van der Waals surface area (Å²) in [6.07, 6.45) is 2.82. The summed E-state index contributed by atoms with van der Waals surface area (Å²) in [6.45, 7) is 14.2. The second-order valence-corrected chi connectivity index (χ2v) is 6.53. The van der Waals surface area contributed by atoms with Crippen LogP contribution in [0.2, 0.25) is 0 Å². The molecule has 0 bridgehead atoms. The van der Waals surface area contributed by atoms with Gasteiger partial charge in [-0.1, -0.05) is 6.07 Å². The Morgan fingerprint density at radius 3 is 2.50 bits per heavy atom. The Hall–Kier alpha value is -1.09. The Labute approximate surface area is 176 Å². The summed E-state index contributed by atoms with van der Waals surface area (Å²) in [4.78, 5) is 11.1. The van der Waals surface area contributed by atoms with Crippen molar-refractivity contribution in [3.63, 3.8) is 0 Å². The maximum absolute atomic E-state index is 5.56. The Morgan fingerprint density at radius 1 is 1.23 bits per heavy atom. The van der Waals surface area contributed by atoms with E-state index in [0.29, 0.717) is 31.1 Å². The molecule has 2 N–H and O–H groups in total. The van der Waals surface area contributed by atoms with E-state index in [-0.39, 0.29) is 24.0 Å². The van der Waals surface area contributed by atoms with E-state index in [1.807, 2.05) is 19.1 Å². The minimum absolute atomic E-state index is 0. The molecule has 6 nitrogen and oxygen atoms in total. The summed E-state index contributed by atoms with van der Waals surface area (Å²) in [5, 5.41) is 6.70. The zero-order valence-corrected chi connectivity index (χ0v) is 19.4. The van der Waals surface area contributed by atoms with Crippen LogP contribution in [-0.2, 0) is 6.54 Å². The Balaban J connectivity index is 0.00000625. The molecule has 1 rings (SSSR count). The quantitative estimate of drug-likeness (QED) is 0.235. The Kier molecular flexibility index (Phi) is 13.4. The number of pyridine rings is 1. The van der Waals surface area contributed by atoms with E-state index in [2.05, 4.69) is 53.2 Å². The first-order valence-electron chi connectivity index (χ1n) is 9.26. The molecule has 0 atom stereocenters. The first kappa shape index (κ1) is 24.9. The number of nitrogens with one attached hydrogen (secondary N) is 2. The predicted octanol–water partition coefficient (Wildman–Crippen LogP) is 3.27. The highest BCUT2D eigenvalue weighted by Gasteiger charge is 2.12. The molecule has 26 heavy (non-hydrogen) atoms. The van der Waals surface area contributed by atoms with E-state index < -0.39 is 0 Å². The normalized spacial score (nSPS) is 11.7. The van der Waals surface area contributed by atoms with Gasteiger partial charge in [-0.25, -0.2) is 4.98 Å². The van der Waals surface area contributed by atoms with Crippen molar-refractivity contribution in [2.24, 2.45) is 4.99 Å². The molecule has 0 aliphatic rings. The van der Waals surface area contributed by atoms with E-state index in [4.69, 9.17) is 4.74 Å².